The fourth-order valence-corrected chi connectivity index (χ4v) is 3.31. The molecule has 2 rings (SSSR count). The minimum atomic E-state index is -0.113. The average Bonchev–Trinajstić information content (AvgIpc) is 3.18. The Morgan fingerprint density at radius 3 is 2.75 bits per heavy atom. The van der Waals surface area contributed by atoms with E-state index in [1.54, 1.807) is 18.4 Å². The fraction of sp³-hybridized carbons (Fsp3) is 0.450. The molecule has 0 saturated heterocycles. The first-order valence-electron chi connectivity index (χ1n) is 9.30. The number of rotatable bonds is 9. The van der Waals surface area contributed by atoms with Gasteiger partial charge in [0.25, 0.3) is 0 Å². The number of nitrogens with one attached hydrogen (secondary N) is 2. The monoisotopic (exact) mass is 403 g/mol. The molecule has 0 aliphatic carbocycles. The van der Waals surface area contributed by atoms with Crippen LogP contribution in [0, 0.1) is 0 Å². The van der Waals surface area contributed by atoms with Crippen LogP contribution in [0.3, 0.4) is 0 Å². The normalized spacial score (nSPS) is 12.5. The third kappa shape index (κ3) is 6.94. The molecule has 1 heterocycles. The van der Waals surface area contributed by atoms with Crippen LogP contribution in [0.2, 0.25) is 0 Å². The first kappa shape index (κ1) is 21.8. The molecule has 1 aromatic carbocycles. The van der Waals surface area contributed by atoms with E-state index in [4.69, 9.17) is 4.74 Å². The van der Waals surface area contributed by atoms with Crippen molar-refractivity contribution in [3.05, 3.63) is 52.0 Å². The summed E-state index contributed by atoms with van der Waals surface area (Å²) in [6.07, 6.45) is -0.0146. The van der Waals surface area contributed by atoms with Gasteiger partial charge in [-0.25, -0.2) is 9.98 Å². The zero-order chi connectivity index (χ0) is 20.4. The Bertz CT molecular complexity index is 763. The zero-order valence-electron chi connectivity index (χ0n) is 16.9. The fourth-order valence-electron chi connectivity index (χ4n) is 2.47. The number of nitrogens with zero attached hydrogens (tertiary/aromatic N) is 3. The molecule has 0 spiro atoms. The number of guanidine groups is 1. The van der Waals surface area contributed by atoms with Crippen molar-refractivity contribution in [2.75, 3.05) is 27.2 Å². The van der Waals surface area contributed by atoms with Gasteiger partial charge in [-0.15, -0.1) is 11.3 Å². The molecule has 7 nitrogen and oxygen atoms in total. The summed E-state index contributed by atoms with van der Waals surface area (Å²) in [7, 11) is 3.61. The molecule has 1 atom stereocenters. The number of carbonyl (C=O) groups is 1. The molecule has 0 bridgehead atoms. The van der Waals surface area contributed by atoms with Crippen LogP contribution in [0.25, 0.3) is 0 Å². The number of aliphatic imine (C=N–C) groups is 1. The highest BCUT2D eigenvalue weighted by atomic mass is 32.1. The van der Waals surface area contributed by atoms with Gasteiger partial charge in [-0.2, -0.15) is 0 Å². The van der Waals surface area contributed by atoms with Crippen LogP contribution in [0.5, 0.6) is 0 Å². The van der Waals surface area contributed by atoms with E-state index in [0.29, 0.717) is 19.0 Å². The van der Waals surface area contributed by atoms with Gasteiger partial charge in [-0.1, -0.05) is 30.3 Å². The van der Waals surface area contributed by atoms with E-state index < -0.39 is 0 Å². The molecule has 2 N–H and O–H groups in total. The lowest BCUT2D eigenvalue weighted by Crippen LogP contribution is -2.39. The minimum Gasteiger partial charge on any atom is -0.375 e. The predicted octanol–water partition coefficient (Wildman–Crippen LogP) is 2.56. The molecular weight excluding hydrogens is 374 g/mol. The minimum absolute atomic E-state index is 0.0146. The zero-order valence-corrected chi connectivity index (χ0v) is 17.8. The molecular formula is C20H29N5O2S. The number of amides is 1. The van der Waals surface area contributed by atoms with Gasteiger partial charge in [-0.05, 0) is 19.4 Å². The van der Waals surface area contributed by atoms with Crippen molar-refractivity contribution in [2.24, 2.45) is 4.99 Å². The van der Waals surface area contributed by atoms with E-state index in [9.17, 15) is 4.79 Å². The predicted molar refractivity (Wildman–Crippen MR) is 113 cm³/mol. The third-order valence-electron chi connectivity index (χ3n) is 4.07. The summed E-state index contributed by atoms with van der Waals surface area (Å²) in [6.45, 7) is 5.87. The summed E-state index contributed by atoms with van der Waals surface area (Å²) in [5.74, 6) is 0.559. The number of methoxy groups -OCH3 is 1. The summed E-state index contributed by atoms with van der Waals surface area (Å²) in [5.41, 5.74) is 2.01. The Morgan fingerprint density at radius 2 is 2.07 bits per heavy atom. The SMILES string of the molecule is CCNC(=NCC(=O)NCc1ccccc1)N(C)Cc1csc(C(C)OC)n1. The molecule has 1 amide bonds. The van der Waals surface area contributed by atoms with Crippen molar-refractivity contribution >= 4 is 23.2 Å². The van der Waals surface area contributed by atoms with Crippen molar-refractivity contribution in [1.82, 2.24) is 20.5 Å². The Hall–Kier alpha value is -2.45. The van der Waals surface area contributed by atoms with Gasteiger partial charge < -0.3 is 20.3 Å². The smallest absolute Gasteiger partial charge is 0.242 e. The Balaban J connectivity index is 1.90. The van der Waals surface area contributed by atoms with E-state index >= 15 is 0 Å². The standard InChI is InChI=1S/C20H29N5O2S/c1-5-21-20(23-12-18(26)22-11-16-9-7-6-8-10-16)25(3)13-17-14-28-19(24-17)15(2)27-4/h6-10,14-15H,5,11-13H2,1-4H3,(H,21,23)(H,22,26). The number of carbonyl (C=O) groups excluding carboxylic acids is 1. The highest BCUT2D eigenvalue weighted by Gasteiger charge is 2.13. The number of hydrogen-bond acceptors (Lipinski definition) is 5. The maximum absolute atomic E-state index is 12.1. The number of benzene rings is 1. The molecule has 0 saturated carbocycles. The molecule has 0 aliphatic heterocycles. The van der Waals surface area contributed by atoms with E-state index in [2.05, 4.69) is 20.6 Å². The Kier molecular flexibility index (Phi) is 8.90. The van der Waals surface area contributed by atoms with E-state index in [1.165, 1.54) is 0 Å². The maximum atomic E-state index is 12.1. The highest BCUT2D eigenvalue weighted by Crippen LogP contribution is 2.20. The van der Waals surface area contributed by atoms with Crippen LogP contribution in [-0.2, 0) is 22.6 Å². The van der Waals surface area contributed by atoms with Crippen molar-refractivity contribution in [3.63, 3.8) is 0 Å². The number of hydrogen-bond donors (Lipinski definition) is 2. The number of ether oxygens (including phenoxy) is 1. The third-order valence-corrected chi connectivity index (χ3v) is 5.13. The molecule has 0 fully saturated rings. The quantitative estimate of drug-likeness (QED) is 0.497. The molecule has 152 valence electrons. The van der Waals surface area contributed by atoms with E-state index in [1.807, 2.05) is 61.5 Å². The van der Waals surface area contributed by atoms with Gasteiger partial charge in [0.1, 0.15) is 17.7 Å². The van der Waals surface area contributed by atoms with Crippen LogP contribution >= 0.6 is 11.3 Å². The van der Waals surface area contributed by atoms with E-state index in [0.717, 1.165) is 22.8 Å². The average molecular weight is 404 g/mol. The second-order valence-electron chi connectivity index (χ2n) is 6.34. The molecule has 8 heteroatoms. The van der Waals surface area contributed by atoms with Crippen molar-refractivity contribution in [2.45, 2.75) is 33.0 Å². The summed E-state index contributed by atoms with van der Waals surface area (Å²) < 4.78 is 5.31. The maximum Gasteiger partial charge on any atom is 0.242 e. The van der Waals surface area contributed by atoms with E-state index in [-0.39, 0.29) is 18.6 Å². The van der Waals surface area contributed by atoms with Crippen molar-refractivity contribution < 1.29 is 9.53 Å². The van der Waals surface area contributed by atoms with Crippen LogP contribution in [0.1, 0.15) is 36.2 Å². The Labute approximate surface area is 170 Å². The summed E-state index contributed by atoms with van der Waals surface area (Å²) in [4.78, 5) is 23.2. The van der Waals surface area contributed by atoms with Gasteiger partial charge in [0.15, 0.2) is 5.96 Å². The highest BCUT2D eigenvalue weighted by molar-refractivity contribution is 7.09. The van der Waals surface area contributed by atoms with Crippen molar-refractivity contribution in [1.29, 1.82) is 0 Å². The summed E-state index contributed by atoms with van der Waals surface area (Å²) in [5, 5.41) is 9.09. The van der Waals surface area contributed by atoms with Crippen LogP contribution in [0.4, 0.5) is 0 Å². The molecule has 0 radical (unpaired) electrons. The van der Waals surface area contributed by atoms with Crippen molar-refractivity contribution in [3.8, 4) is 0 Å². The molecule has 1 unspecified atom stereocenters. The van der Waals surface area contributed by atoms with Gasteiger partial charge in [0.2, 0.25) is 5.91 Å². The molecule has 1 aromatic heterocycles. The molecule has 28 heavy (non-hydrogen) atoms. The molecule has 0 aliphatic rings. The van der Waals surface area contributed by atoms with Crippen LogP contribution in [-0.4, -0.2) is 49.0 Å². The van der Waals surface area contributed by atoms with Crippen LogP contribution in [0.15, 0.2) is 40.7 Å². The lowest BCUT2D eigenvalue weighted by molar-refractivity contribution is -0.119. The largest absolute Gasteiger partial charge is 0.375 e. The van der Waals surface area contributed by atoms with Gasteiger partial charge in [0, 0.05) is 32.6 Å². The van der Waals surface area contributed by atoms with Gasteiger partial charge in [-0.3, -0.25) is 4.79 Å². The lowest BCUT2D eigenvalue weighted by Gasteiger charge is -2.21. The van der Waals surface area contributed by atoms with Gasteiger partial charge in [0.05, 0.1) is 12.2 Å². The molecule has 2 aromatic rings. The summed E-state index contributed by atoms with van der Waals surface area (Å²) in [6, 6.07) is 9.82. The second kappa shape index (κ2) is 11.4. The topological polar surface area (TPSA) is 78.9 Å². The summed E-state index contributed by atoms with van der Waals surface area (Å²) >= 11 is 1.58. The number of thiazole rings is 1. The Morgan fingerprint density at radius 1 is 1.32 bits per heavy atom. The second-order valence-corrected chi connectivity index (χ2v) is 7.23. The van der Waals surface area contributed by atoms with Crippen LogP contribution < -0.4 is 10.6 Å². The first-order chi connectivity index (χ1) is 13.5. The lowest BCUT2D eigenvalue weighted by atomic mass is 10.2. The number of aromatic nitrogens is 1. The first-order valence-corrected chi connectivity index (χ1v) is 10.2. The van der Waals surface area contributed by atoms with Gasteiger partial charge >= 0.3 is 0 Å².